The van der Waals surface area contributed by atoms with Crippen LogP contribution in [-0.4, -0.2) is 27.5 Å². The van der Waals surface area contributed by atoms with Gasteiger partial charge in [0.05, 0.1) is 0 Å². The Morgan fingerprint density at radius 2 is 2.00 bits per heavy atom. The van der Waals surface area contributed by atoms with Crippen LogP contribution in [0.5, 0.6) is 0 Å². The van der Waals surface area contributed by atoms with E-state index in [4.69, 9.17) is 0 Å². The molecule has 3 amide bonds. The quantitative estimate of drug-likeness (QED) is 0.493. The lowest BCUT2D eigenvalue weighted by atomic mass is 10.3. The van der Waals surface area contributed by atoms with Crippen molar-refractivity contribution in [2.75, 3.05) is 6.54 Å². The van der Waals surface area contributed by atoms with Crippen LogP contribution in [0.4, 0.5) is 4.79 Å². The molecule has 0 unspecified atom stereocenters. The minimum absolute atomic E-state index is 0.0397. The highest BCUT2D eigenvalue weighted by molar-refractivity contribution is 7.98. The highest BCUT2D eigenvalue weighted by Gasteiger charge is 2.30. The average molecular weight is 188 g/mol. The minimum atomic E-state index is -0.306. The number of amides is 3. The Balaban J connectivity index is 2.54. The molecule has 0 radical (unpaired) electrons. The van der Waals surface area contributed by atoms with Crippen molar-refractivity contribution in [3.63, 3.8) is 0 Å². The Morgan fingerprint density at radius 3 is 2.33 bits per heavy atom. The molecule has 0 saturated carbocycles. The zero-order chi connectivity index (χ0) is 9.35. The first-order valence-electron chi connectivity index (χ1n) is 3.69. The fourth-order valence-electron chi connectivity index (χ4n) is 0.828. The fourth-order valence-corrected chi connectivity index (χ4v) is 1.80. The van der Waals surface area contributed by atoms with Gasteiger partial charge in [0.15, 0.2) is 0 Å². The molecular formula is C7H12N2O2S. The van der Waals surface area contributed by atoms with E-state index in [9.17, 15) is 9.59 Å². The van der Waals surface area contributed by atoms with Crippen LogP contribution in [0.15, 0.2) is 0 Å². The van der Waals surface area contributed by atoms with Crippen LogP contribution in [0.3, 0.4) is 0 Å². The summed E-state index contributed by atoms with van der Waals surface area (Å²) in [6.07, 6.45) is 0. The van der Waals surface area contributed by atoms with Gasteiger partial charge in [0.1, 0.15) is 6.54 Å². The van der Waals surface area contributed by atoms with Gasteiger partial charge in [-0.1, -0.05) is 0 Å². The molecule has 1 rings (SSSR count). The summed E-state index contributed by atoms with van der Waals surface area (Å²) < 4.78 is 1.41. The lowest BCUT2D eigenvalue weighted by molar-refractivity contribution is -0.118. The molecule has 0 bridgehead atoms. The van der Waals surface area contributed by atoms with Crippen LogP contribution in [-0.2, 0) is 4.79 Å². The number of carbonyl (C=O) groups is 2. The van der Waals surface area contributed by atoms with Crippen molar-refractivity contribution >= 4 is 23.9 Å². The first-order chi connectivity index (χ1) is 5.38. The molecule has 12 heavy (non-hydrogen) atoms. The Hall–Kier alpha value is -0.710. The zero-order valence-electron chi connectivity index (χ0n) is 7.38. The van der Waals surface area contributed by atoms with E-state index in [1.807, 2.05) is 20.8 Å². The highest BCUT2D eigenvalue weighted by Crippen LogP contribution is 2.28. The van der Waals surface area contributed by atoms with Gasteiger partial charge in [0.2, 0.25) is 5.91 Å². The van der Waals surface area contributed by atoms with Gasteiger partial charge in [-0.05, 0) is 32.7 Å². The van der Waals surface area contributed by atoms with Gasteiger partial charge >= 0.3 is 6.03 Å². The van der Waals surface area contributed by atoms with E-state index in [2.05, 4.69) is 5.32 Å². The third-order valence-electron chi connectivity index (χ3n) is 1.14. The molecule has 0 aromatic rings. The van der Waals surface area contributed by atoms with E-state index >= 15 is 0 Å². The van der Waals surface area contributed by atoms with E-state index in [0.717, 1.165) is 0 Å². The topological polar surface area (TPSA) is 49.4 Å². The number of nitrogens with one attached hydrogen (secondary N) is 1. The monoisotopic (exact) mass is 188 g/mol. The largest absolute Gasteiger partial charge is 0.334 e. The molecular weight excluding hydrogens is 176 g/mol. The molecule has 1 heterocycles. The second-order valence-electron chi connectivity index (χ2n) is 3.59. The van der Waals surface area contributed by atoms with Crippen molar-refractivity contribution in [2.45, 2.75) is 25.5 Å². The average Bonchev–Trinajstić information content (AvgIpc) is 2.06. The number of urea groups is 1. The lowest BCUT2D eigenvalue weighted by Gasteiger charge is -2.22. The highest BCUT2D eigenvalue weighted by atomic mass is 32.2. The molecule has 0 aromatic heterocycles. The summed E-state index contributed by atoms with van der Waals surface area (Å²) in [5.74, 6) is -0.225. The van der Waals surface area contributed by atoms with Crippen LogP contribution in [0.2, 0.25) is 0 Å². The zero-order valence-corrected chi connectivity index (χ0v) is 8.20. The van der Waals surface area contributed by atoms with Crippen LogP contribution in [0, 0.1) is 0 Å². The Labute approximate surface area is 75.8 Å². The number of hydrogen-bond acceptors (Lipinski definition) is 3. The Kier molecular flexibility index (Phi) is 2.32. The van der Waals surface area contributed by atoms with Gasteiger partial charge in [-0.25, -0.2) is 4.79 Å². The van der Waals surface area contributed by atoms with E-state index < -0.39 is 0 Å². The summed E-state index contributed by atoms with van der Waals surface area (Å²) in [5.41, 5.74) is 0. The maximum absolute atomic E-state index is 11.0. The van der Waals surface area contributed by atoms with Crippen LogP contribution in [0.25, 0.3) is 0 Å². The van der Waals surface area contributed by atoms with Crippen molar-refractivity contribution in [3.8, 4) is 0 Å². The number of carbonyl (C=O) groups excluding carboxylic acids is 2. The van der Waals surface area contributed by atoms with E-state index in [0.29, 0.717) is 0 Å². The first-order valence-corrected chi connectivity index (χ1v) is 4.46. The van der Waals surface area contributed by atoms with Crippen molar-refractivity contribution in [2.24, 2.45) is 0 Å². The normalized spacial score (nSPS) is 18.4. The molecule has 1 aliphatic heterocycles. The summed E-state index contributed by atoms with van der Waals surface area (Å²) in [5, 5.41) is 2.22. The predicted octanol–water partition coefficient (Wildman–Crippen LogP) is 0.985. The predicted molar refractivity (Wildman–Crippen MR) is 47.6 cm³/mol. The van der Waals surface area contributed by atoms with Crippen LogP contribution in [0.1, 0.15) is 20.8 Å². The maximum Gasteiger partial charge on any atom is 0.334 e. The second kappa shape index (κ2) is 2.97. The summed E-state index contributed by atoms with van der Waals surface area (Å²) >= 11 is 1.38. The molecule has 0 spiro atoms. The Morgan fingerprint density at radius 1 is 1.42 bits per heavy atom. The van der Waals surface area contributed by atoms with Gasteiger partial charge in [0.25, 0.3) is 0 Å². The molecule has 1 aliphatic rings. The van der Waals surface area contributed by atoms with Gasteiger partial charge in [0, 0.05) is 4.75 Å². The molecule has 4 nitrogen and oxygen atoms in total. The SMILES string of the molecule is CC(C)(C)SN1CC(=O)NC1=O. The number of imide groups is 1. The third kappa shape index (κ3) is 2.41. The molecule has 1 fully saturated rings. The van der Waals surface area contributed by atoms with Crippen LogP contribution < -0.4 is 5.32 Å². The second-order valence-corrected chi connectivity index (χ2v) is 5.44. The summed E-state index contributed by atoms with van der Waals surface area (Å²) in [6.45, 7) is 6.15. The Bertz CT molecular complexity index is 222. The van der Waals surface area contributed by atoms with Crippen molar-refractivity contribution in [1.29, 1.82) is 0 Å². The van der Waals surface area contributed by atoms with Gasteiger partial charge in [-0.3, -0.25) is 14.4 Å². The van der Waals surface area contributed by atoms with E-state index in [1.165, 1.54) is 16.3 Å². The molecule has 68 valence electrons. The third-order valence-corrected chi connectivity index (χ3v) is 2.21. The van der Waals surface area contributed by atoms with E-state index in [-0.39, 0.29) is 23.2 Å². The van der Waals surface area contributed by atoms with E-state index in [1.54, 1.807) is 0 Å². The molecule has 0 aliphatic carbocycles. The van der Waals surface area contributed by atoms with Crippen molar-refractivity contribution < 1.29 is 9.59 Å². The molecule has 5 heteroatoms. The summed E-state index contributed by atoms with van der Waals surface area (Å²) in [4.78, 5) is 21.8. The maximum atomic E-state index is 11.0. The van der Waals surface area contributed by atoms with Crippen molar-refractivity contribution in [1.82, 2.24) is 9.62 Å². The van der Waals surface area contributed by atoms with Gasteiger partial charge in [-0.15, -0.1) is 0 Å². The smallest absolute Gasteiger partial charge is 0.276 e. The van der Waals surface area contributed by atoms with Crippen LogP contribution >= 0.6 is 11.9 Å². The fraction of sp³-hybridized carbons (Fsp3) is 0.714. The minimum Gasteiger partial charge on any atom is -0.276 e. The number of rotatable bonds is 1. The summed E-state index contributed by atoms with van der Waals surface area (Å²) in [6, 6.07) is -0.306. The van der Waals surface area contributed by atoms with Gasteiger partial charge < -0.3 is 0 Å². The molecule has 1 N–H and O–H groups in total. The number of hydrogen-bond donors (Lipinski definition) is 1. The summed E-state index contributed by atoms with van der Waals surface area (Å²) in [7, 11) is 0. The number of nitrogens with zero attached hydrogens (tertiary/aromatic N) is 1. The first kappa shape index (κ1) is 9.38. The molecule has 0 aromatic carbocycles. The standard InChI is InChI=1S/C7H12N2O2S/c1-7(2,3)12-9-4-5(10)8-6(9)11/h4H2,1-3H3,(H,8,10,11). The lowest BCUT2D eigenvalue weighted by Crippen LogP contribution is -2.27. The molecule has 1 saturated heterocycles. The van der Waals surface area contributed by atoms with Gasteiger partial charge in [-0.2, -0.15) is 0 Å². The molecule has 0 atom stereocenters. The van der Waals surface area contributed by atoms with Crippen molar-refractivity contribution in [3.05, 3.63) is 0 Å².